The number of aromatic nitrogens is 3. The maximum absolute atomic E-state index is 13.0. The van der Waals surface area contributed by atoms with Gasteiger partial charge in [0.2, 0.25) is 5.91 Å². The third-order valence-corrected chi connectivity index (χ3v) is 5.18. The number of morpholine rings is 1. The Balaban J connectivity index is 1.52. The van der Waals surface area contributed by atoms with Gasteiger partial charge >= 0.3 is 0 Å². The van der Waals surface area contributed by atoms with Crippen LogP contribution in [0, 0.1) is 11.3 Å². The highest BCUT2D eigenvalue weighted by Gasteiger charge is 2.49. The van der Waals surface area contributed by atoms with E-state index in [4.69, 9.17) is 4.74 Å². The van der Waals surface area contributed by atoms with Gasteiger partial charge in [-0.05, 0) is 31.4 Å². The second-order valence-corrected chi connectivity index (χ2v) is 6.60. The smallest absolute Gasteiger partial charge is 0.244 e. The summed E-state index contributed by atoms with van der Waals surface area (Å²) in [6.45, 7) is 2.91. The van der Waals surface area contributed by atoms with Crippen LogP contribution in [-0.4, -0.2) is 57.4 Å². The number of carbonyl (C=O) groups is 1. The Bertz CT molecular complexity index is 845. The molecule has 0 radical (unpaired) electrons. The second kappa shape index (κ2) is 6.86. The molecule has 1 amide bonds. The number of hydrogen-bond acceptors (Lipinski definition) is 6. The van der Waals surface area contributed by atoms with Crippen molar-refractivity contribution in [2.75, 3.05) is 31.6 Å². The van der Waals surface area contributed by atoms with Gasteiger partial charge in [0.25, 0.3) is 0 Å². The number of amides is 1. The molecule has 8 nitrogen and oxygen atoms in total. The third-order valence-electron chi connectivity index (χ3n) is 5.18. The molecule has 8 heteroatoms. The van der Waals surface area contributed by atoms with Crippen molar-refractivity contribution in [1.29, 1.82) is 5.26 Å². The summed E-state index contributed by atoms with van der Waals surface area (Å²) >= 11 is 0. The van der Waals surface area contributed by atoms with E-state index in [-0.39, 0.29) is 5.91 Å². The van der Waals surface area contributed by atoms with Crippen molar-refractivity contribution in [3.8, 4) is 11.9 Å². The Morgan fingerprint density at radius 3 is 2.85 bits per heavy atom. The molecular weight excluding hydrogens is 332 g/mol. The topological polar surface area (TPSA) is 96.1 Å². The van der Waals surface area contributed by atoms with Gasteiger partial charge in [-0.1, -0.05) is 0 Å². The molecule has 0 spiro atoms. The highest BCUT2D eigenvalue weighted by molar-refractivity contribution is 5.98. The quantitative estimate of drug-likeness (QED) is 0.892. The van der Waals surface area contributed by atoms with Crippen LogP contribution in [0.3, 0.4) is 0 Å². The predicted molar refractivity (Wildman–Crippen MR) is 93.7 cm³/mol. The van der Waals surface area contributed by atoms with Crippen LogP contribution in [0.2, 0.25) is 0 Å². The first-order chi connectivity index (χ1) is 12.7. The van der Waals surface area contributed by atoms with Crippen LogP contribution >= 0.6 is 0 Å². The highest BCUT2D eigenvalue weighted by Crippen LogP contribution is 2.39. The molecule has 26 heavy (non-hydrogen) atoms. The number of ether oxygens (including phenoxy) is 1. The first-order valence-corrected chi connectivity index (χ1v) is 8.77. The van der Waals surface area contributed by atoms with Crippen molar-refractivity contribution in [2.24, 2.45) is 0 Å². The fourth-order valence-electron chi connectivity index (χ4n) is 3.61. The minimum atomic E-state index is -0.436. The van der Waals surface area contributed by atoms with Gasteiger partial charge in [-0.2, -0.15) is 10.4 Å². The lowest BCUT2D eigenvalue weighted by atomic mass is 9.74. The van der Waals surface area contributed by atoms with Crippen LogP contribution in [-0.2, 0) is 9.53 Å². The molecule has 4 rings (SSSR count). The molecule has 0 aromatic carbocycles. The summed E-state index contributed by atoms with van der Waals surface area (Å²) in [7, 11) is 0. The van der Waals surface area contributed by atoms with Crippen LogP contribution in [0.5, 0.6) is 0 Å². The van der Waals surface area contributed by atoms with Crippen molar-refractivity contribution < 1.29 is 9.53 Å². The molecule has 134 valence electrons. The Morgan fingerprint density at radius 1 is 1.35 bits per heavy atom. The molecule has 2 fully saturated rings. The molecule has 3 heterocycles. The van der Waals surface area contributed by atoms with Crippen molar-refractivity contribution in [1.82, 2.24) is 19.7 Å². The van der Waals surface area contributed by atoms with E-state index in [1.807, 2.05) is 0 Å². The molecule has 1 saturated heterocycles. The van der Waals surface area contributed by atoms with Crippen molar-refractivity contribution >= 4 is 11.6 Å². The third kappa shape index (κ3) is 2.85. The second-order valence-electron chi connectivity index (χ2n) is 6.60. The van der Waals surface area contributed by atoms with E-state index in [1.165, 1.54) is 4.68 Å². The number of anilines is 1. The Hall–Kier alpha value is -2.76. The minimum absolute atomic E-state index is 0.00623. The van der Waals surface area contributed by atoms with Crippen LogP contribution in [0.4, 0.5) is 5.69 Å². The molecule has 1 aliphatic heterocycles. The van der Waals surface area contributed by atoms with Gasteiger partial charge in [0.15, 0.2) is 5.82 Å². The molecule has 0 unspecified atom stereocenters. The zero-order valence-electron chi connectivity index (χ0n) is 14.4. The summed E-state index contributed by atoms with van der Waals surface area (Å²) in [6.07, 6.45) is 7.67. The van der Waals surface area contributed by atoms with Gasteiger partial charge in [-0.25, -0.2) is 9.67 Å². The number of hydrogen-bond donors (Lipinski definition) is 1. The van der Waals surface area contributed by atoms with Gasteiger partial charge in [0.05, 0.1) is 36.9 Å². The first-order valence-electron chi connectivity index (χ1n) is 8.77. The normalized spacial score (nSPS) is 19.3. The summed E-state index contributed by atoms with van der Waals surface area (Å²) in [4.78, 5) is 19.4. The van der Waals surface area contributed by atoms with Crippen molar-refractivity contribution in [3.05, 3.63) is 36.3 Å². The lowest BCUT2D eigenvalue weighted by molar-refractivity contribution is -0.139. The van der Waals surface area contributed by atoms with Gasteiger partial charge in [-0.3, -0.25) is 9.69 Å². The van der Waals surface area contributed by atoms with Crippen LogP contribution < -0.4 is 5.32 Å². The minimum Gasteiger partial charge on any atom is -0.379 e. The van der Waals surface area contributed by atoms with Gasteiger partial charge in [0.1, 0.15) is 11.6 Å². The van der Waals surface area contributed by atoms with Crippen molar-refractivity contribution in [2.45, 2.75) is 24.8 Å². The largest absolute Gasteiger partial charge is 0.379 e. The van der Waals surface area contributed by atoms with Crippen LogP contribution in [0.25, 0.3) is 5.82 Å². The molecule has 1 saturated carbocycles. The molecule has 0 bridgehead atoms. The Labute approximate surface area is 151 Å². The number of nitrogens with zero attached hydrogens (tertiary/aromatic N) is 5. The number of nitriles is 1. The lowest BCUT2D eigenvalue weighted by Crippen LogP contribution is -2.63. The number of rotatable bonds is 4. The predicted octanol–water partition coefficient (Wildman–Crippen LogP) is 1.33. The van der Waals surface area contributed by atoms with Gasteiger partial charge in [-0.15, -0.1) is 0 Å². The van der Waals surface area contributed by atoms with E-state index >= 15 is 0 Å². The zero-order valence-corrected chi connectivity index (χ0v) is 14.4. The maximum Gasteiger partial charge on any atom is 0.244 e. The molecule has 0 atom stereocenters. The number of carbonyl (C=O) groups excluding carboxylic acids is 1. The van der Waals surface area contributed by atoms with E-state index in [1.54, 1.807) is 30.7 Å². The Kier molecular flexibility index (Phi) is 4.41. The summed E-state index contributed by atoms with van der Waals surface area (Å²) in [5, 5.41) is 16.4. The first kappa shape index (κ1) is 16.7. The summed E-state index contributed by atoms with van der Waals surface area (Å²) in [5.74, 6) is 0.453. The van der Waals surface area contributed by atoms with E-state index in [0.29, 0.717) is 30.3 Å². The zero-order chi connectivity index (χ0) is 18.0. The highest BCUT2D eigenvalue weighted by atomic mass is 16.5. The fraction of sp³-hybridized carbons (Fsp3) is 0.444. The molecule has 1 aliphatic carbocycles. The SMILES string of the molecule is N#Cc1cccnc1-n1cc(NC(=O)C2(N3CCOCC3)CCC2)cn1. The molecule has 1 N–H and O–H groups in total. The molecule has 2 aromatic rings. The van der Waals surface area contributed by atoms with Crippen molar-refractivity contribution in [3.63, 3.8) is 0 Å². The summed E-state index contributed by atoms with van der Waals surface area (Å²) < 4.78 is 6.93. The molecular formula is C18H20N6O2. The monoisotopic (exact) mass is 352 g/mol. The maximum atomic E-state index is 13.0. The van der Waals surface area contributed by atoms with E-state index in [0.717, 1.165) is 32.4 Å². The fourth-order valence-corrected chi connectivity index (χ4v) is 3.61. The number of pyridine rings is 1. The van der Waals surface area contributed by atoms with Crippen LogP contribution in [0.15, 0.2) is 30.7 Å². The molecule has 2 aromatic heterocycles. The van der Waals surface area contributed by atoms with E-state index < -0.39 is 5.54 Å². The average molecular weight is 352 g/mol. The van der Waals surface area contributed by atoms with Gasteiger partial charge in [0, 0.05) is 19.3 Å². The lowest BCUT2D eigenvalue weighted by Gasteiger charge is -2.49. The standard InChI is InChI=1S/C18H20N6O2/c19-11-14-3-1-6-20-16(14)24-13-15(12-21-24)22-17(25)18(4-2-5-18)23-7-9-26-10-8-23/h1,3,6,12-13H,2,4-5,7-10H2,(H,22,25). The van der Waals surface area contributed by atoms with E-state index in [2.05, 4.69) is 26.4 Å². The molecule has 2 aliphatic rings. The number of nitrogens with one attached hydrogen (secondary N) is 1. The van der Waals surface area contributed by atoms with Gasteiger partial charge < -0.3 is 10.1 Å². The van der Waals surface area contributed by atoms with Crippen LogP contribution in [0.1, 0.15) is 24.8 Å². The summed E-state index contributed by atoms with van der Waals surface area (Å²) in [6, 6.07) is 5.49. The Morgan fingerprint density at radius 2 is 2.15 bits per heavy atom. The summed E-state index contributed by atoms with van der Waals surface area (Å²) in [5.41, 5.74) is 0.593. The average Bonchev–Trinajstić information content (AvgIpc) is 3.10. The van der Waals surface area contributed by atoms with E-state index in [9.17, 15) is 10.1 Å².